The Kier molecular flexibility index (Phi) is 4.09. The lowest BCUT2D eigenvalue weighted by molar-refractivity contribution is 0.202. The summed E-state index contributed by atoms with van der Waals surface area (Å²) in [6.07, 6.45) is 9.59. The number of anilines is 2. The molecule has 7 heteroatoms. The van der Waals surface area contributed by atoms with E-state index in [4.69, 9.17) is 15.6 Å². The smallest absolute Gasteiger partial charge is 0.156 e. The second kappa shape index (κ2) is 6.95. The maximum absolute atomic E-state index is 6.00. The van der Waals surface area contributed by atoms with Crippen molar-refractivity contribution in [2.75, 3.05) is 11.2 Å². The van der Waals surface area contributed by atoms with Crippen LogP contribution in [0.4, 0.5) is 11.6 Å². The van der Waals surface area contributed by atoms with Gasteiger partial charge in [0.25, 0.3) is 0 Å². The SMILES string of the molecule is Nc1ncnc2c1ccn2C1CCC(CCc2ccc3cc4c(nc3c2)NOC4)C1. The lowest BCUT2D eigenvalue weighted by Crippen LogP contribution is -2.06. The van der Waals surface area contributed by atoms with Crippen LogP contribution in [0.2, 0.25) is 0 Å². The molecule has 0 amide bonds. The number of nitrogens with two attached hydrogens (primary N) is 1. The summed E-state index contributed by atoms with van der Waals surface area (Å²) in [6.45, 7) is 0.582. The Morgan fingerprint density at radius 3 is 3.10 bits per heavy atom. The number of aryl methyl sites for hydroxylation is 1. The highest BCUT2D eigenvalue weighted by atomic mass is 16.7. The summed E-state index contributed by atoms with van der Waals surface area (Å²) in [6, 6.07) is 11.3. The first-order chi connectivity index (χ1) is 14.7. The topological polar surface area (TPSA) is 90.9 Å². The number of nitrogen functional groups attached to an aromatic ring is 1. The molecular formula is C23H24N6O. The number of aromatic nitrogens is 4. The van der Waals surface area contributed by atoms with E-state index in [1.807, 2.05) is 6.07 Å². The van der Waals surface area contributed by atoms with Gasteiger partial charge in [0, 0.05) is 23.2 Å². The van der Waals surface area contributed by atoms with Gasteiger partial charge in [-0.1, -0.05) is 12.1 Å². The molecule has 3 aromatic heterocycles. The molecule has 7 nitrogen and oxygen atoms in total. The van der Waals surface area contributed by atoms with E-state index in [0.29, 0.717) is 18.5 Å². The molecule has 2 aliphatic rings. The van der Waals surface area contributed by atoms with Crippen LogP contribution in [0.1, 0.15) is 42.9 Å². The Labute approximate surface area is 174 Å². The molecule has 4 heterocycles. The number of fused-ring (bicyclic) bond motifs is 3. The summed E-state index contributed by atoms with van der Waals surface area (Å²) in [5.74, 6) is 2.14. The number of nitrogens with one attached hydrogen (secondary N) is 1. The Morgan fingerprint density at radius 1 is 1.17 bits per heavy atom. The van der Waals surface area contributed by atoms with Crippen LogP contribution in [-0.4, -0.2) is 19.5 Å². The van der Waals surface area contributed by atoms with E-state index in [1.165, 1.54) is 36.6 Å². The van der Waals surface area contributed by atoms with Crippen molar-refractivity contribution in [1.82, 2.24) is 19.5 Å². The molecule has 2 unspecified atom stereocenters. The van der Waals surface area contributed by atoms with Crippen molar-refractivity contribution in [2.45, 2.75) is 44.8 Å². The lowest BCUT2D eigenvalue weighted by atomic mass is 9.97. The third-order valence-electron chi connectivity index (χ3n) is 6.65. The number of rotatable bonds is 4. The molecular weight excluding hydrogens is 376 g/mol. The van der Waals surface area contributed by atoms with E-state index in [1.54, 1.807) is 6.33 Å². The average molecular weight is 400 g/mol. The van der Waals surface area contributed by atoms with Gasteiger partial charge in [-0.15, -0.1) is 0 Å². The molecule has 2 atom stereocenters. The molecule has 1 aliphatic heterocycles. The molecule has 1 saturated carbocycles. The van der Waals surface area contributed by atoms with Gasteiger partial charge in [0.15, 0.2) is 5.82 Å². The maximum atomic E-state index is 6.00. The van der Waals surface area contributed by atoms with Gasteiger partial charge in [0.1, 0.15) is 24.4 Å². The second-order valence-electron chi connectivity index (χ2n) is 8.50. The number of hydrogen-bond donors (Lipinski definition) is 2. The Morgan fingerprint density at radius 2 is 2.13 bits per heavy atom. The molecule has 1 aromatic carbocycles. The molecule has 0 radical (unpaired) electrons. The predicted octanol–water partition coefficient (Wildman–Crippen LogP) is 4.39. The van der Waals surface area contributed by atoms with E-state index in [2.05, 4.69) is 50.5 Å². The zero-order valence-electron chi connectivity index (χ0n) is 16.7. The lowest BCUT2D eigenvalue weighted by Gasteiger charge is -2.14. The van der Waals surface area contributed by atoms with Crippen LogP contribution in [0.3, 0.4) is 0 Å². The highest BCUT2D eigenvalue weighted by Crippen LogP contribution is 2.39. The van der Waals surface area contributed by atoms with Crippen molar-refractivity contribution < 1.29 is 4.84 Å². The van der Waals surface area contributed by atoms with Gasteiger partial charge >= 0.3 is 0 Å². The average Bonchev–Trinajstić information content (AvgIpc) is 3.49. The van der Waals surface area contributed by atoms with Crippen molar-refractivity contribution in [3.05, 3.63) is 54.0 Å². The quantitative estimate of drug-likeness (QED) is 0.528. The summed E-state index contributed by atoms with van der Waals surface area (Å²) >= 11 is 0. The second-order valence-corrected chi connectivity index (χ2v) is 8.50. The van der Waals surface area contributed by atoms with E-state index in [0.717, 1.165) is 40.3 Å². The van der Waals surface area contributed by atoms with Crippen LogP contribution in [-0.2, 0) is 17.9 Å². The summed E-state index contributed by atoms with van der Waals surface area (Å²) in [7, 11) is 0. The largest absolute Gasteiger partial charge is 0.383 e. The molecule has 6 rings (SSSR count). The molecule has 1 fully saturated rings. The van der Waals surface area contributed by atoms with E-state index < -0.39 is 0 Å². The van der Waals surface area contributed by atoms with Crippen LogP contribution < -0.4 is 11.2 Å². The fourth-order valence-electron chi connectivity index (χ4n) is 5.01. The molecule has 3 N–H and O–H groups in total. The fraction of sp³-hybridized carbons (Fsp3) is 0.348. The van der Waals surface area contributed by atoms with Crippen LogP contribution >= 0.6 is 0 Å². The Hall–Kier alpha value is -3.19. The molecule has 0 saturated heterocycles. The molecule has 0 spiro atoms. The zero-order valence-corrected chi connectivity index (χ0v) is 16.7. The van der Waals surface area contributed by atoms with E-state index in [-0.39, 0.29) is 0 Å². The minimum atomic E-state index is 0.494. The third kappa shape index (κ3) is 2.97. The number of benzene rings is 1. The van der Waals surface area contributed by atoms with Crippen LogP contribution in [0.15, 0.2) is 42.9 Å². The summed E-state index contributed by atoms with van der Waals surface area (Å²) in [4.78, 5) is 18.6. The molecule has 0 bridgehead atoms. The van der Waals surface area contributed by atoms with Gasteiger partial charge in [0.2, 0.25) is 0 Å². The maximum Gasteiger partial charge on any atom is 0.156 e. The van der Waals surface area contributed by atoms with E-state index >= 15 is 0 Å². The van der Waals surface area contributed by atoms with E-state index in [9.17, 15) is 0 Å². The van der Waals surface area contributed by atoms with Crippen LogP contribution in [0.5, 0.6) is 0 Å². The first kappa shape index (κ1) is 17.7. The van der Waals surface area contributed by atoms with Gasteiger partial charge in [-0.2, -0.15) is 0 Å². The molecule has 1 aliphatic carbocycles. The van der Waals surface area contributed by atoms with Crippen molar-refractivity contribution in [3.8, 4) is 0 Å². The van der Waals surface area contributed by atoms with Crippen molar-refractivity contribution in [3.63, 3.8) is 0 Å². The zero-order chi connectivity index (χ0) is 20.1. The Balaban J connectivity index is 1.15. The summed E-state index contributed by atoms with van der Waals surface area (Å²) in [5, 5.41) is 2.13. The van der Waals surface area contributed by atoms with Crippen molar-refractivity contribution in [2.24, 2.45) is 5.92 Å². The fourth-order valence-corrected chi connectivity index (χ4v) is 5.01. The predicted molar refractivity (Wildman–Crippen MR) is 117 cm³/mol. The number of pyridine rings is 1. The van der Waals surface area contributed by atoms with Crippen molar-refractivity contribution in [1.29, 1.82) is 0 Å². The first-order valence-corrected chi connectivity index (χ1v) is 10.6. The van der Waals surface area contributed by atoms with Crippen LogP contribution in [0.25, 0.3) is 21.9 Å². The highest BCUT2D eigenvalue weighted by Gasteiger charge is 2.27. The van der Waals surface area contributed by atoms with Crippen LogP contribution in [0, 0.1) is 5.92 Å². The third-order valence-corrected chi connectivity index (χ3v) is 6.65. The summed E-state index contributed by atoms with van der Waals surface area (Å²) < 4.78 is 2.29. The van der Waals surface area contributed by atoms with Crippen molar-refractivity contribution >= 4 is 33.6 Å². The Bertz CT molecular complexity index is 1250. The summed E-state index contributed by atoms with van der Waals surface area (Å²) in [5.41, 5.74) is 13.4. The van der Waals surface area contributed by atoms with Gasteiger partial charge in [-0.25, -0.2) is 20.4 Å². The van der Waals surface area contributed by atoms with Gasteiger partial charge in [-0.05, 0) is 61.8 Å². The first-order valence-electron chi connectivity index (χ1n) is 10.6. The monoisotopic (exact) mass is 400 g/mol. The minimum Gasteiger partial charge on any atom is -0.383 e. The normalized spacial score (nSPS) is 20.7. The van der Waals surface area contributed by atoms with Gasteiger partial charge < -0.3 is 10.3 Å². The highest BCUT2D eigenvalue weighted by molar-refractivity contribution is 5.86. The number of nitrogens with zero attached hydrogens (tertiary/aromatic N) is 4. The van der Waals surface area contributed by atoms with Gasteiger partial charge in [-0.3, -0.25) is 4.84 Å². The molecule has 30 heavy (non-hydrogen) atoms. The molecule has 152 valence electrons. The number of hydrogen-bond acceptors (Lipinski definition) is 6. The molecule has 4 aromatic rings. The minimum absolute atomic E-state index is 0.494. The standard InChI is InChI=1S/C23H24N6O/c24-21-19-7-8-29(23(19)26-13-25-21)18-6-4-14(9-18)1-2-15-3-5-16-11-17-12-30-28-22(17)27-20(16)10-15/h3,5,7-8,10-11,13-14,18H,1-2,4,6,9,12H2,(H,27,28)(H2,24,25,26). The van der Waals surface area contributed by atoms with Gasteiger partial charge in [0.05, 0.1) is 10.9 Å².